The van der Waals surface area contributed by atoms with E-state index in [2.05, 4.69) is 4.99 Å². The minimum absolute atomic E-state index is 0.142. The number of hydrogen-bond donors (Lipinski definition) is 0. The van der Waals surface area contributed by atoms with Gasteiger partial charge in [0.25, 0.3) is 0 Å². The Bertz CT molecular complexity index is 1430. The molecular weight excluding hydrogens is 514 g/mol. The second kappa shape index (κ2) is 12.5. The second-order valence-electron chi connectivity index (χ2n) is 9.09. The van der Waals surface area contributed by atoms with Gasteiger partial charge in [-0.15, -0.1) is 0 Å². The maximum atomic E-state index is 13.1. The first-order valence-electron chi connectivity index (χ1n) is 12.7. The van der Waals surface area contributed by atoms with Gasteiger partial charge < -0.3 is 18.9 Å². The molecule has 39 heavy (non-hydrogen) atoms. The standard InChI is InChI=1S/C32H28ClNO5/c1-22-34-30(32(35)38-21-25-15-9-4-10-16-25)31(39-22)26-17-28(36-19-23-11-5-2-6-12-23)29(18-27(26)33)37-20-24-13-7-3-8-14-24/h2-18,30-31H,19-21H2,1H3. The zero-order valence-corrected chi connectivity index (χ0v) is 22.2. The molecule has 0 N–H and O–H groups in total. The number of ether oxygens (including phenoxy) is 4. The van der Waals surface area contributed by atoms with Gasteiger partial charge in [-0.05, 0) is 22.8 Å². The summed E-state index contributed by atoms with van der Waals surface area (Å²) in [6.07, 6.45) is -0.761. The van der Waals surface area contributed by atoms with Crippen molar-refractivity contribution in [1.29, 1.82) is 0 Å². The van der Waals surface area contributed by atoms with Gasteiger partial charge in [-0.1, -0.05) is 103 Å². The van der Waals surface area contributed by atoms with Gasteiger partial charge in [-0.2, -0.15) is 0 Å². The van der Waals surface area contributed by atoms with Gasteiger partial charge in [0.05, 0.1) is 5.02 Å². The molecule has 7 heteroatoms. The summed E-state index contributed by atoms with van der Waals surface area (Å²) in [7, 11) is 0. The van der Waals surface area contributed by atoms with E-state index >= 15 is 0 Å². The number of esters is 1. The first-order valence-corrected chi connectivity index (χ1v) is 13.0. The molecule has 1 aliphatic rings. The Morgan fingerprint density at radius 2 is 1.26 bits per heavy atom. The summed E-state index contributed by atoms with van der Waals surface area (Å²) in [4.78, 5) is 17.5. The number of carbonyl (C=O) groups is 1. The molecule has 0 radical (unpaired) electrons. The van der Waals surface area contributed by atoms with Crippen molar-refractivity contribution in [3.8, 4) is 11.5 Å². The van der Waals surface area contributed by atoms with Gasteiger partial charge in [0.15, 0.2) is 29.5 Å². The fourth-order valence-electron chi connectivity index (χ4n) is 4.23. The van der Waals surface area contributed by atoms with Crippen LogP contribution in [0.2, 0.25) is 5.02 Å². The van der Waals surface area contributed by atoms with Crippen LogP contribution in [-0.4, -0.2) is 17.9 Å². The van der Waals surface area contributed by atoms with E-state index in [1.807, 2.05) is 91.0 Å². The molecule has 0 saturated carbocycles. The normalized spacial score (nSPS) is 16.2. The number of rotatable bonds is 10. The molecule has 0 amide bonds. The molecule has 0 aliphatic carbocycles. The van der Waals surface area contributed by atoms with Crippen molar-refractivity contribution < 1.29 is 23.7 Å². The SMILES string of the molecule is CC1=NC(C(=O)OCc2ccccc2)C(c2cc(OCc3ccccc3)c(OCc3ccccc3)cc2Cl)O1. The van der Waals surface area contributed by atoms with Crippen molar-refractivity contribution >= 4 is 23.5 Å². The van der Waals surface area contributed by atoms with Crippen molar-refractivity contribution in [1.82, 2.24) is 0 Å². The zero-order chi connectivity index (χ0) is 27.0. The number of halogens is 1. The van der Waals surface area contributed by atoms with Gasteiger partial charge in [0, 0.05) is 18.6 Å². The highest BCUT2D eigenvalue weighted by molar-refractivity contribution is 6.31. The highest BCUT2D eigenvalue weighted by Gasteiger charge is 2.39. The summed E-state index contributed by atoms with van der Waals surface area (Å²) in [5.74, 6) is 0.864. The minimum Gasteiger partial charge on any atom is -0.485 e. The molecule has 198 valence electrons. The van der Waals surface area contributed by atoms with Crippen LogP contribution in [0.4, 0.5) is 0 Å². The minimum atomic E-state index is -0.899. The number of nitrogens with zero attached hydrogens (tertiary/aromatic N) is 1. The molecule has 4 aromatic rings. The number of benzene rings is 4. The Morgan fingerprint density at radius 3 is 1.79 bits per heavy atom. The van der Waals surface area contributed by atoms with Gasteiger partial charge in [-0.3, -0.25) is 0 Å². The first kappa shape index (κ1) is 26.3. The molecule has 4 aromatic carbocycles. The van der Waals surface area contributed by atoms with E-state index in [0.717, 1.165) is 16.7 Å². The van der Waals surface area contributed by atoms with Gasteiger partial charge >= 0.3 is 5.97 Å². The number of aliphatic imine (C=N–C) groups is 1. The van der Waals surface area contributed by atoms with E-state index in [1.54, 1.807) is 19.1 Å². The molecule has 0 aromatic heterocycles. The lowest BCUT2D eigenvalue weighted by atomic mass is 10.0. The molecule has 0 spiro atoms. The van der Waals surface area contributed by atoms with Crippen LogP contribution in [0.15, 0.2) is 108 Å². The van der Waals surface area contributed by atoms with Crippen molar-refractivity contribution in [2.75, 3.05) is 0 Å². The van der Waals surface area contributed by atoms with Crippen LogP contribution in [0, 0.1) is 0 Å². The highest BCUT2D eigenvalue weighted by atomic mass is 35.5. The Morgan fingerprint density at radius 1 is 0.769 bits per heavy atom. The Labute approximate surface area is 232 Å². The Hall–Kier alpha value is -4.29. The summed E-state index contributed by atoms with van der Waals surface area (Å²) >= 11 is 6.75. The number of hydrogen-bond acceptors (Lipinski definition) is 6. The average molecular weight is 542 g/mol. The lowest BCUT2D eigenvalue weighted by molar-refractivity contribution is -0.148. The van der Waals surface area contributed by atoms with Crippen LogP contribution in [0.1, 0.15) is 35.3 Å². The van der Waals surface area contributed by atoms with Crippen LogP contribution >= 0.6 is 11.6 Å². The van der Waals surface area contributed by atoms with Crippen molar-refractivity contribution in [3.63, 3.8) is 0 Å². The Balaban J connectivity index is 1.39. The summed E-state index contributed by atoms with van der Waals surface area (Å²) in [6.45, 7) is 2.51. The van der Waals surface area contributed by atoms with E-state index in [0.29, 0.717) is 41.2 Å². The summed E-state index contributed by atoms with van der Waals surface area (Å²) in [5, 5.41) is 0.376. The van der Waals surface area contributed by atoms with Crippen LogP contribution in [0.25, 0.3) is 0 Å². The van der Waals surface area contributed by atoms with E-state index in [1.165, 1.54) is 0 Å². The third-order valence-electron chi connectivity index (χ3n) is 6.21. The molecule has 1 heterocycles. The topological polar surface area (TPSA) is 66.4 Å². The van der Waals surface area contributed by atoms with Crippen molar-refractivity contribution in [2.24, 2.45) is 4.99 Å². The highest BCUT2D eigenvalue weighted by Crippen LogP contribution is 2.41. The molecule has 1 aliphatic heterocycles. The van der Waals surface area contributed by atoms with Crippen molar-refractivity contribution in [3.05, 3.63) is 130 Å². The average Bonchev–Trinajstić information content (AvgIpc) is 3.37. The molecule has 6 nitrogen and oxygen atoms in total. The van der Waals surface area contributed by atoms with Gasteiger partial charge in [0.2, 0.25) is 0 Å². The summed E-state index contributed by atoms with van der Waals surface area (Å²) in [5.41, 5.74) is 3.46. The molecule has 0 fully saturated rings. The van der Waals surface area contributed by atoms with Crippen LogP contribution in [0.3, 0.4) is 0 Å². The maximum absolute atomic E-state index is 13.1. The first-order chi connectivity index (χ1) is 19.1. The fourth-order valence-corrected chi connectivity index (χ4v) is 4.49. The molecule has 2 unspecified atom stereocenters. The van der Waals surface area contributed by atoms with Crippen molar-refractivity contribution in [2.45, 2.75) is 38.9 Å². The van der Waals surface area contributed by atoms with E-state index in [-0.39, 0.29) is 6.61 Å². The molecule has 5 rings (SSSR count). The fraction of sp³-hybridized carbons (Fsp3) is 0.188. The summed E-state index contributed by atoms with van der Waals surface area (Å²) < 4.78 is 23.9. The molecule has 2 atom stereocenters. The van der Waals surface area contributed by atoms with E-state index < -0.39 is 18.1 Å². The van der Waals surface area contributed by atoms with E-state index in [9.17, 15) is 4.79 Å². The Kier molecular flexibility index (Phi) is 8.44. The lowest BCUT2D eigenvalue weighted by Crippen LogP contribution is -2.26. The predicted molar refractivity (Wildman–Crippen MR) is 150 cm³/mol. The lowest BCUT2D eigenvalue weighted by Gasteiger charge is -2.21. The monoisotopic (exact) mass is 541 g/mol. The quantitative estimate of drug-likeness (QED) is 0.200. The largest absolute Gasteiger partial charge is 0.485 e. The molecule has 0 bridgehead atoms. The van der Waals surface area contributed by atoms with E-state index in [4.69, 9.17) is 30.5 Å². The van der Waals surface area contributed by atoms with Crippen LogP contribution in [0.5, 0.6) is 11.5 Å². The second-order valence-corrected chi connectivity index (χ2v) is 9.50. The maximum Gasteiger partial charge on any atom is 0.335 e. The smallest absolute Gasteiger partial charge is 0.335 e. The number of carbonyl (C=O) groups excluding carboxylic acids is 1. The summed E-state index contributed by atoms with van der Waals surface area (Å²) in [6, 6.07) is 31.7. The van der Waals surface area contributed by atoms with Crippen LogP contribution < -0.4 is 9.47 Å². The third kappa shape index (κ3) is 6.78. The molecule has 0 saturated heterocycles. The van der Waals surface area contributed by atoms with Crippen LogP contribution in [-0.2, 0) is 34.1 Å². The zero-order valence-electron chi connectivity index (χ0n) is 21.5. The third-order valence-corrected chi connectivity index (χ3v) is 6.54. The van der Waals surface area contributed by atoms with Gasteiger partial charge in [-0.25, -0.2) is 9.79 Å². The van der Waals surface area contributed by atoms with Gasteiger partial charge in [0.1, 0.15) is 19.8 Å². The molecular formula is C32H28ClNO5. The predicted octanol–water partition coefficient (Wildman–Crippen LogP) is 7.10.